The number of methoxy groups -OCH3 is 1. The Morgan fingerprint density at radius 3 is 2.73 bits per heavy atom. The number of amides is 1. The molecule has 6 nitrogen and oxygen atoms in total. The Morgan fingerprint density at radius 1 is 1.23 bits per heavy atom. The van der Waals surface area contributed by atoms with Crippen LogP contribution in [0.25, 0.3) is 10.2 Å². The molecule has 0 saturated carbocycles. The fourth-order valence-electron chi connectivity index (χ4n) is 3.05. The molecule has 3 aromatic rings. The van der Waals surface area contributed by atoms with E-state index >= 15 is 0 Å². The van der Waals surface area contributed by atoms with Crippen molar-refractivity contribution in [2.75, 3.05) is 25.6 Å². The summed E-state index contributed by atoms with van der Waals surface area (Å²) in [6.07, 6.45) is -2.27. The Balaban J connectivity index is 1.79. The number of fused-ring (bicyclic) bond motifs is 1. The number of thiophene rings is 1. The van der Waals surface area contributed by atoms with Gasteiger partial charge in [0, 0.05) is 26.8 Å². The maximum absolute atomic E-state index is 13.2. The smallest absolute Gasteiger partial charge is 0.385 e. The van der Waals surface area contributed by atoms with Crippen molar-refractivity contribution in [3.8, 4) is 0 Å². The van der Waals surface area contributed by atoms with E-state index in [4.69, 9.17) is 4.74 Å². The zero-order chi connectivity index (χ0) is 21.7. The molecule has 0 spiro atoms. The molecule has 0 bridgehead atoms. The lowest BCUT2D eigenvalue weighted by atomic mass is 10.1. The van der Waals surface area contributed by atoms with Gasteiger partial charge in [-0.2, -0.15) is 13.2 Å². The number of hydrogen-bond donors (Lipinski definition) is 2. The van der Waals surface area contributed by atoms with Crippen LogP contribution in [0, 0.1) is 6.92 Å². The molecule has 0 radical (unpaired) electrons. The van der Waals surface area contributed by atoms with Gasteiger partial charge < -0.3 is 15.4 Å². The number of carbonyl (C=O) groups excluding carboxylic acids is 1. The van der Waals surface area contributed by atoms with Gasteiger partial charge in [0.1, 0.15) is 17.0 Å². The molecule has 0 unspecified atom stereocenters. The van der Waals surface area contributed by atoms with Gasteiger partial charge in [-0.05, 0) is 30.5 Å². The molecule has 0 aliphatic rings. The molecule has 2 N–H and O–H groups in total. The van der Waals surface area contributed by atoms with Crippen molar-refractivity contribution < 1.29 is 22.7 Å². The highest BCUT2D eigenvalue weighted by Crippen LogP contribution is 2.34. The number of nitrogens with zero attached hydrogens (tertiary/aromatic N) is 2. The van der Waals surface area contributed by atoms with Crippen LogP contribution in [-0.2, 0) is 17.5 Å². The first kappa shape index (κ1) is 22.0. The second-order valence-electron chi connectivity index (χ2n) is 6.57. The number of carbonyl (C=O) groups is 1. The molecular formula is C20H21F3N4O2S. The second-order valence-corrected chi connectivity index (χ2v) is 7.57. The van der Waals surface area contributed by atoms with Crippen molar-refractivity contribution in [3.05, 3.63) is 52.2 Å². The monoisotopic (exact) mass is 438 g/mol. The molecule has 0 fully saturated rings. The molecule has 0 aliphatic carbocycles. The summed E-state index contributed by atoms with van der Waals surface area (Å²) in [6, 6.07) is 5.19. The quantitative estimate of drug-likeness (QED) is 0.510. The lowest BCUT2D eigenvalue weighted by molar-refractivity contribution is -0.138. The summed E-state index contributed by atoms with van der Waals surface area (Å²) >= 11 is 1.18. The van der Waals surface area contributed by atoms with E-state index in [0.717, 1.165) is 17.9 Å². The van der Waals surface area contributed by atoms with Crippen LogP contribution < -0.4 is 10.6 Å². The van der Waals surface area contributed by atoms with Crippen molar-refractivity contribution >= 4 is 33.3 Å². The minimum Gasteiger partial charge on any atom is -0.385 e. The minimum atomic E-state index is -4.48. The Labute approximate surface area is 175 Å². The van der Waals surface area contributed by atoms with E-state index in [-0.39, 0.29) is 12.1 Å². The SMILES string of the molecule is COCCCNc1ncnc2sc(C(=O)NCc3ccccc3C(F)(F)F)c(C)c12. The number of nitrogens with one attached hydrogen (secondary N) is 2. The van der Waals surface area contributed by atoms with Crippen LogP contribution >= 0.6 is 11.3 Å². The lowest BCUT2D eigenvalue weighted by Gasteiger charge is -2.13. The van der Waals surface area contributed by atoms with Gasteiger partial charge >= 0.3 is 6.18 Å². The number of hydrogen-bond acceptors (Lipinski definition) is 6. The van der Waals surface area contributed by atoms with Crippen molar-refractivity contribution in [2.45, 2.75) is 26.1 Å². The number of anilines is 1. The number of aromatic nitrogens is 2. The number of halogens is 3. The lowest BCUT2D eigenvalue weighted by Crippen LogP contribution is -2.24. The molecule has 2 aromatic heterocycles. The van der Waals surface area contributed by atoms with E-state index < -0.39 is 17.6 Å². The highest BCUT2D eigenvalue weighted by molar-refractivity contribution is 7.20. The van der Waals surface area contributed by atoms with Crippen molar-refractivity contribution in [2.24, 2.45) is 0 Å². The minimum absolute atomic E-state index is 0.0115. The number of ether oxygens (including phenoxy) is 1. The fraction of sp³-hybridized carbons (Fsp3) is 0.350. The van der Waals surface area contributed by atoms with Gasteiger partial charge in [0.2, 0.25) is 0 Å². The summed E-state index contributed by atoms with van der Waals surface area (Å²) in [5.74, 6) is 0.170. The highest BCUT2D eigenvalue weighted by Gasteiger charge is 2.33. The molecule has 2 heterocycles. The van der Waals surface area contributed by atoms with Gasteiger partial charge in [-0.25, -0.2) is 9.97 Å². The third-order valence-corrected chi connectivity index (χ3v) is 5.71. The first-order chi connectivity index (χ1) is 14.3. The number of alkyl halides is 3. The molecule has 1 amide bonds. The molecular weight excluding hydrogens is 417 g/mol. The van der Waals surface area contributed by atoms with Crippen LogP contribution in [0.4, 0.5) is 19.0 Å². The van der Waals surface area contributed by atoms with E-state index in [9.17, 15) is 18.0 Å². The molecule has 0 aliphatic heterocycles. The molecule has 0 atom stereocenters. The average molecular weight is 438 g/mol. The zero-order valence-electron chi connectivity index (χ0n) is 16.5. The topological polar surface area (TPSA) is 76.1 Å². The van der Waals surface area contributed by atoms with Gasteiger partial charge in [0.25, 0.3) is 5.91 Å². The summed E-state index contributed by atoms with van der Waals surface area (Å²) in [5, 5.41) is 6.55. The third-order valence-electron chi connectivity index (χ3n) is 4.51. The number of benzene rings is 1. The molecule has 10 heteroatoms. The Kier molecular flexibility index (Phi) is 6.88. The summed E-state index contributed by atoms with van der Waals surface area (Å²) in [5.41, 5.74) is -0.0596. The van der Waals surface area contributed by atoms with E-state index in [1.807, 2.05) is 0 Å². The summed E-state index contributed by atoms with van der Waals surface area (Å²) in [7, 11) is 1.63. The first-order valence-corrected chi connectivity index (χ1v) is 10.0. The molecule has 0 saturated heterocycles. The summed E-state index contributed by atoms with van der Waals surface area (Å²) < 4.78 is 44.5. The Bertz CT molecular complexity index is 1040. The van der Waals surface area contributed by atoms with Gasteiger partial charge in [0.15, 0.2) is 0 Å². The van der Waals surface area contributed by atoms with Crippen molar-refractivity contribution in [1.82, 2.24) is 15.3 Å². The maximum atomic E-state index is 13.2. The van der Waals surface area contributed by atoms with Crippen molar-refractivity contribution in [3.63, 3.8) is 0 Å². The first-order valence-electron chi connectivity index (χ1n) is 9.23. The van der Waals surface area contributed by atoms with Gasteiger partial charge in [-0.1, -0.05) is 18.2 Å². The summed E-state index contributed by atoms with van der Waals surface area (Å²) in [4.78, 5) is 22.2. The van der Waals surface area contributed by atoms with E-state index in [1.165, 1.54) is 35.9 Å². The second kappa shape index (κ2) is 9.40. The molecule has 3 rings (SSSR count). The van der Waals surface area contributed by atoms with Crippen LogP contribution in [0.1, 0.15) is 32.8 Å². The van der Waals surface area contributed by atoms with Crippen LogP contribution in [-0.4, -0.2) is 36.1 Å². The highest BCUT2D eigenvalue weighted by atomic mass is 32.1. The fourth-order valence-corrected chi connectivity index (χ4v) is 4.12. The van der Waals surface area contributed by atoms with E-state index in [0.29, 0.717) is 34.2 Å². The number of rotatable bonds is 8. The van der Waals surface area contributed by atoms with Gasteiger partial charge in [-0.15, -0.1) is 11.3 Å². The van der Waals surface area contributed by atoms with E-state index in [2.05, 4.69) is 20.6 Å². The molecule has 160 valence electrons. The Hall–Kier alpha value is -2.72. The average Bonchev–Trinajstić information content (AvgIpc) is 3.06. The normalized spacial score (nSPS) is 11.6. The molecule has 30 heavy (non-hydrogen) atoms. The standard InChI is InChI=1S/C20H21F3N4O2S/c1-12-15-17(24-8-5-9-29-2)26-11-27-19(15)30-16(12)18(28)25-10-13-6-3-4-7-14(13)20(21,22)23/h3-4,6-7,11H,5,8-10H2,1-2H3,(H,25,28)(H,24,26,27). The predicted octanol–water partition coefficient (Wildman–Crippen LogP) is 4.40. The number of aryl methyl sites for hydroxylation is 1. The zero-order valence-corrected chi connectivity index (χ0v) is 17.3. The van der Waals surface area contributed by atoms with E-state index in [1.54, 1.807) is 14.0 Å². The van der Waals surface area contributed by atoms with Crippen LogP contribution in [0.15, 0.2) is 30.6 Å². The third kappa shape index (κ3) is 4.88. The molecule has 1 aromatic carbocycles. The van der Waals surface area contributed by atoms with Crippen LogP contribution in [0.3, 0.4) is 0 Å². The Morgan fingerprint density at radius 2 is 2.00 bits per heavy atom. The largest absolute Gasteiger partial charge is 0.416 e. The van der Waals surface area contributed by atoms with Gasteiger partial charge in [-0.3, -0.25) is 4.79 Å². The maximum Gasteiger partial charge on any atom is 0.416 e. The predicted molar refractivity (Wildman–Crippen MR) is 110 cm³/mol. The van der Waals surface area contributed by atoms with Crippen molar-refractivity contribution in [1.29, 1.82) is 0 Å². The summed E-state index contributed by atoms with van der Waals surface area (Å²) in [6.45, 7) is 2.80. The van der Waals surface area contributed by atoms with Crippen LogP contribution in [0.2, 0.25) is 0 Å². The van der Waals surface area contributed by atoms with Gasteiger partial charge in [0.05, 0.1) is 15.8 Å². The van der Waals surface area contributed by atoms with Crippen LogP contribution in [0.5, 0.6) is 0 Å².